The summed E-state index contributed by atoms with van der Waals surface area (Å²) in [6.07, 6.45) is 5.28. The third-order valence-electron chi connectivity index (χ3n) is 3.28. The molecule has 2 aromatic heterocycles. The molecule has 0 atom stereocenters. The number of rotatable bonds is 5. The largest absolute Gasteiger partial charge is 0.366 e. The van der Waals surface area contributed by atoms with Gasteiger partial charge in [-0.05, 0) is 42.3 Å². The third-order valence-corrected chi connectivity index (χ3v) is 3.69. The lowest BCUT2D eigenvalue weighted by atomic mass is 10.2. The van der Waals surface area contributed by atoms with E-state index in [1.165, 1.54) is 0 Å². The van der Waals surface area contributed by atoms with Crippen LogP contribution in [0.4, 0.5) is 17.5 Å². The highest BCUT2D eigenvalue weighted by Crippen LogP contribution is 2.22. The fourth-order valence-electron chi connectivity index (χ4n) is 2.01. The van der Waals surface area contributed by atoms with Crippen molar-refractivity contribution in [3.05, 3.63) is 71.1 Å². The highest BCUT2D eigenvalue weighted by atomic mass is 35.5. The number of anilines is 3. The van der Waals surface area contributed by atoms with E-state index in [2.05, 4.69) is 25.6 Å². The second-order valence-corrected chi connectivity index (χ2v) is 5.48. The Hall–Kier alpha value is -2.66. The minimum Gasteiger partial charge on any atom is -0.366 e. The van der Waals surface area contributed by atoms with Crippen LogP contribution in [-0.4, -0.2) is 15.0 Å². The highest BCUT2D eigenvalue weighted by molar-refractivity contribution is 6.31. The van der Waals surface area contributed by atoms with Crippen molar-refractivity contribution < 1.29 is 0 Å². The average molecular weight is 326 g/mol. The van der Waals surface area contributed by atoms with Crippen molar-refractivity contribution in [2.45, 2.75) is 13.5 Å². The Morgan fingerprint density at radius 1 is 1.13 bits per heavy atom. The summed E-state index contributed by atoms with van der Waals surface area (Å²) in [5, 5.41) is 7.11. The standard InChI is InChI=1S/C17H16ClN5/c1-12-4-5-14(9-15(12)18)22-17-20-8-6-16(23-17)21-11-13-3-2-7-19-10-13/h2-10H,11H2,1H3,(H2,20,21,22,23). The number of nitrogens with zero attached hydrogens (tertiary/aromatic N) is 3. The van der Waals surface area contributed by atoms with Crippen LogP contribution in [0.1, 0.15) is 11.1 Å². The molecule has 0 saturated heterocycles. The monoisotopic (exact) mass is 325 g/mol. The summed E-state index contributed by atoms with van der Waals surface area (Å²) in [5.41, 5.74) is 2.97. The van der Waals surface area contributed by atoms with Crippen LogP contribution in [0.15, 0.2) is 55.0 Å². The molecule has 0 amide bonds. The Balaban J connectivity index is 1.68. The predicted octanol–water partition coefficient (Wildman–Crippen LogP) is 4.19. The van der Waals surface area contributed by atoms with Gasteiger partial charge in [-0.1, -0.05) is 23.7 Å². The first-order valence-electron chi connectivity index (χ1n) is 7.20. The van der Waals surface area contributed by atoms with Gasteiger partial charge in [0.25, 0.3) is 0 Å². The van der Waals surface area contributed by atoms with E-state index in [-0.39, 0.29) is 0 Å². The minimum atomic E-state index is 0.515. The zero-order chi connectivity index (χ0) is 16.1. The molecule has 2 heterocycles. The van der Waals surface area contributed by atoms with Crippen LogP contribution in [0.25, 0.3) is 0 Å². The molecule has 0 aliphatic heterocycles. The van der Waals surface area contributed by atoms with E-state index in [1.807, 2.05) is 49.5 Å². The van der Waals surface area contributed by atoms with Crippen LogP contribution in [-0.2, 0) is 6.54 Å². The van der Waals surface area contributed by atoms with E-state index in [9.17, 15) is 0 Å². The van der Waals surface area contributed by atoms with Crippen molar-refractivity contribution in [1.82, 2.24) is 15.0 Å². The summed E-state index contributed by atoms with van der Waals surface area (Å²) in [6.45, 7) is 2.62. The van der Waals surface area contributed by atoms with Crippen LogP contribution in [0, 0.1) is 6.92 Å². The average Bonchev–Trinajstić information content (AvgIpc) is 2.58. The van der Waals surface area contributed by atoms with Crippen LogP contribution in [0.5, 0.6) is 0 Å². The van der Waals surface area contributed by atoms with Gasteiger partial charge in [0.1, 0.15) is 5.82 Å². The predicted molar refractivity (Wildman–Crippen MR) is 93.1 cm³/mol. The molecule has 0 unspecified atom stereocenters. The summed E-state index contributed by atoms with van der Waals surface area (Å²) in [7, 11) is 0. The zero-order valence-electron chi connectivity index (χ0n) is 12.6. The van der Waals surface area contributed by atoms with Gasteiger partial charge < -0.3 is 10.6 Å². The van der Waals surface area contributed by atoms with Crippen molar-refractivity contribution in [3.63, 3.8) is 0 Å². The van der Waals surface area contributed by atoms with Gasteiger partial charge >= 0.3 is 0 Å². The second kappa shape index (κ2) is 7.07. The smallest absolute Gasteiger partial charge is 0.229 e. The lowest BCUT2D eigenvalue weighted by Gasteiger charge is -2.09. The molecule has 0 radical (unpaired) electrons. The molecule has 1 aromatic carbocycles. The minimum absolute atomic E-state index is 0.515. The molecule has 6 heteroatoms. The maximum atomic E-state index is 6.13. The number of aryl methyl sites for hydroxylation is 1. The van der Waals surface area contributed by atoms with Gasteiger partial charge in [-0.25, -0.2) is 4.98 Å². The van der Waals surface area contributed by atoms with Crippen molar-refractivity contribution in [2.75, 3.05) is 10.6 Å². The number of benzene rings is 1. The summed E-state index contributed by atoms with van der Waals surface area (Å²) < 4.78 is 0. The van der Waals surface area contributed by atoms with Gasteiger partial charge in [0.15, 0.2) is 0 Å². The molecular weight excluding hydrogens is 310 g/mol. The summed E-state index contributed by atoms with van der Waals surface area (Å²) in [4.78, 5) is 12.8. The third kappa shape index (κ3) is 4.17. The van der Waals surface area contributed by atoms with Crippen LogP contribution in [0.3, 0.4) is 0 Å². The fourth-order valence-corrected chi connectivity index (χ4v) is 2.19. The van der Waals surface area contributed by atoms with E-state index in [0.717, 1.165) is 22.6 Å². The molecule has 2 N–H and O–H groups in total. The molecule has 3 rings (SSSR count). The van der Waals surface area contributed by atoms with Gasteiger partial charge in [0.2, 0.25) is 5.95 Å². The number of aromatic nitrogens is 3. The molecule has 0 saturated carbocycles. The van der Waals surface area contributed by atoms with Gasteiger partial charge in [-0.2, -0.15) is 4.98 Å². The maximum Gasteiger partial charge on any atom is 0.229 e. The summed E-state index contributed by atoms with van der Waals surface area (Å²) in [5.74, 6) is 1.26. The molecule has 5 nitrogen and oxygen atoms in total. The molecule has 0 aliphatic rings. The lowest BCUT2D eigenvalue weighted by Crippen LogP contribution is -2.04. The van der Waals surface area contributed by atoms with Crippen molar-refractivity contribution in [2.24, 2.45) is 0 Å². The van der Waals surface area contributed by atoms with Crippen molar-refractivity contribution >= 4 is 29.1 Å². The SMILES string of the molecule is Cc1ccc(Nc2nccc(NCc3cccnc3)n2)cc1Cl. The number of halogens is 1. The Kier molecular flexibility index (Phi) is 4.68. The number of hydrogen-bond donors (Lipinski definition) is 2. The maximum absolute atomic E-state index is 6.13. The highest BCUT2D eigenvalue weighted by Gasteiger charge is 2.02. The number of hydrogen-bond acceptors (Lipinski definition) is 5. The van der Waals surface area contributed by atoms with E-state index in [4.69, 9.17) is 11.6 Å². The Labute approximate surface area is 139 Å². The normalized spacial score (nSPS) is 10.3. The quantitative estimate of drug-likeness (QED) is 0.736. The van der Waals surface area contributed by atoms with E-state index in [1.54, 1.807) is 12.4 Å². The molecule has 23 heavy (non-hydrogen) atoms. The van der Waals surface area contributed by atoms with Crippen LogP contribution >= 0.6 is 11.6 Å². The van der Waals surface area contributed by atoms with E-state index < -0.39 is 0 Å². The molecule has 0 spiro atoms. The molecule has 3 aromatic rings. The molecule has 0 aliphatic carbocycles. The second-order valence-electron chi connectivity index (χ2n) is 5.07. The van der Waals surface area contributed by atoms with Crippen molar-refractivity contribution in [1.29, 1.82) is 0 Å². The Bertz CT molecular complexity index is 792. The molecular formula is C17H16ClN5. The van der Waals surface area contributed by atoms with E-state index in [0.29, 0.717) is 17.5 Å². The Morgan fingerprint density at radius 3 is 2.83 bits per heavy atom. The number of pyridine rings is 1. The summed E-state index contributed by atoms with van der Waals surface area (Å²) >= 11 is 6.13. The van der Waals surface area contributed by atoms with Gasteiger partial charge in [0, 0.05) is 35.8 Å². The van der Waals surface area contributed by atoms with Crippen LogP contribution < -0.4 is 10.6 Å². The first-order valence-corrected chi connectivity index (χ1v) is 7.57. The first-order chi connectivity index (χ1) is 11.2. The molecule has 116 valence electrons. The van der Waals surface area contributed by atoms with E-state index >= 15 is 0 Å². The molecule has 0 fully saturated rings. The lowest BCUT2D eigenvalue weighted by molar-refractivity contribution is 1.07. The topological polar surface area (TPSA) is 62.7 Å². The van der Waals surface area contributed by atoms with Crippen LogP contribution in [0.2, 0.25) is 5.02 Å². The van der Waals surface area contributed by atoms with Gasteiger partial charge in [-0.3, -0.25) is 4.98 Å². The van der Waals surface area contributed by atoms with Crippen molar-refractivity contribution in [3.8, 4) is 0 Å². The fraction of sp³-hybridized carbons (Fsp3) is 0.118. The first kappa shape index (κ1) is 15.2. The summed E-state index contributed by atoms with van der Waals surface area (Å²) in [6, 6.07) is 11.5. The van der Waals surface area contributed by atoms with Gasteiger partial charge in [0.05, 0.1) is 0 Å². The molecule has 0 bridgehead atoms. The number of nitrogens with one attached hydrogen (secondary N) is 2. The zero-order valence-corrected chi connectivity index (χ0v) is 13.4. The Morgan fingerprint density at radius 2 is 2.04 bits per heavy atom. The van der Waals surface area contributed by atoms with Gasteiger partial charge in [-0.15, -0.1) is 0 Å².